The Labute approximate surface area is 142 Å². The van der Waals surface area contributed by atoms with Gasteiger partial charge in [0.15, 0.2) is 0 Å². The molecule has 0 aromatic carbocycles. The summed E-state index contributed by atoms with van der Waals surface area (Å²) in [5.74, 6) is 0.836. The number of hydrogen-bond donors (Lipinski definition) is 2. The maximum absolute atomic E-state index is 12.7. The van der Waals surface area contributed by atoms with E-state index in [9.17, 15) is 9.59 Å². The van der Waals surface area contributed by atoms with E-state index in [-0.39, 0.29) is 17.7 Å². The second kappa shape index (κ2) is 6.42. The molecule has 128 valence electrons. The minimum Gasteiger partial charge on any atom is -0.367 e. The van der Waals surface area contributed by atoms with Crippen LogP contribution in [0.5, 0.6) is 0 Å². The van der Waals surface area contributed by atoms with Crippen LogP contribution in [0.15, 0.2) is 18.3 Å². The molecule has 0 unspecified atom stereocenters. The number of pyridine rings is 1. The van der Waals surface area contributed by atoms with Crippen molar-refractivity contribution in [3.8, 4) is 0 Å². The van der Waals surface area contributed by atoms with E-state index in [4.69, 9.17) is 0 Å². The Morgan fingerprint density at radius 3 is 2.54 bits per heavy atom. The van der Waals surface area contributed by atoms with Crippen molar-refractivity contribution in [2.24, 2.45) is 5.92 Å². The summed E-state index contributed by atoms with van der Waals surface area (Å²) in [5.41, 5.74) is 0.597. The zero-order chi connectivity index (χ0) is 16.5. The summed E-state index contributed by atoms with van der Waals surface area (Å²) in [6.45, 7) is 1.23. The van der Waals surface area contributed by atoms with Gasteiger partial charge in [-0.05, 0) is 50.7 Å². The second-order valence-corrected chi connectivity index (χ2v) is 7.22. The van der Waals surface area contributed by atoms with Crippen molar-refractivity contribution in [3.05, 3.63) is 23.9 Å². The molecule has 24 heavy (non-hydrogen) atoms. The third-order valence-corrected chi connectivity index (χ3v) is 4.94. The number of likely N-dealkylation sites (tertiary alicyclic amines) is 1. The number of anilines is 1. The van der Waals surface area contributed by atoms with Crippen LogP contribution in [-0.4, -0.2) is 46.9 Å². The van der Waals surface area contributed by atoms with Gasteiger partial charge >= 0.3 is 0 Å². The van der Waals surface area contributed by atoms with Crippen molar-refractivity contribution in [1.82, 2.24) is 15.2 Å². The van der Waals surface area contributed by atoms with Crippen LogP contribution in [0.2, 0.25) is 0 Å². The number of piperidine rings is 1. The van der Waals surface area contributed by atoms with Crippen LogP contribution in [0, 0.1) is 5.92 Å². The first-order chi connectivity index (χ1) is 11.7. The van der Waals surface area contributed by atoms with Gasteiger partial charge in [-0.15, -0.1) is 0 Å². The van der Waals surface area contributed by atoms with Crippen LogP contribution in [0.1, 0.15) is 48.9 Å². The zero-order valence-electron chi connectivity index (χ0n) is 13.8. The van der Waals surface area contributed by atoms with Gasteiger partial charge in [-0.1, -0.05) is 0 Å². The Bertz CT molecular complexity index is 622. The lowest BCUT2D eigenvalue weighted by molar-refractivity contribution is -0.126. The normalized spacial score (nSPS) is 23.7. The molecule has 3 aliphatic rings. The van der Waals surface area contributed by atoms with Gasteiger partial charge in [-0.2, -0.15) is 0 Å². The number of carbonyl (C=O) groups excluding carboxylic acids is 2. The van der Waals surface area contributed by atoms with Crippen LogP contribution in [-0.2, 0) is 4.79 Å². The predicted octanol–water partition coefficient (Wildman–Crippen LogP) is 1.79. The van der Waals surface area contributed by atoms with Crippen molar-refractivity contribution in [2.45, 2.75) is 50.6 Å². The third-order valence-electron chi connectivity index (χ3n) is 4.94. The Kier molecular flexibility index (Phi) is 4.12. The summed E-state index contributed by atoms with van der Waals surface area (Å²) in [6, 6.07) is 4.62. The van der Waals surface area contributed by atoms with E-state index < -0.39 is 0 Å². The highest BCUT2D eigenvalue weighted by Gasteiger charge is 2.32. The Morgan fingerprint density at radius 2 is 1.88 bits per heavy atom. The molecule has 0 radical (unpaired) electrons. The van der Waals surface area contributed by atoms with Crippen molar-refractivity contribution < 1.29 is 9.59 Å². The summed E-state index contributed by atoms with van der Waals surface area (Å²) in [6.07, 6.45) is 7.96. The third kappa shape index (κ3) is 3.68. The highest BCUT2D eigenvalue weighted by molar-refractivity contribution is 5.94. The molecule has 1 atom stereocenters. The topological polar surface area (TPSA) is 74.3 Å². The molecule has 3 fully saturated rings. The van der Waals surface area contributed by atoms with Crippen LogP contribution in [0.4, 0.5) is 5.82 Å². The summed E-state index contributed by atoms with van der Waals surface area (Å²) >= 11 is 0. The predicted molar refractivity (Wildman–Crippen MR) is 90.7 cm³/mol. The Hall–Kier alpha value is -2.11. The monoisotopic (exact) mass is 328 g/mol. The van der Waals surface area contributed by atoms with Gasteiger partial charge in [0, 0.05) is 31.4 Å². The van der Waals surface area contributed by atoms with Gasteiger partial charge in [-0.3, -0.25) is 9.59 Å². The highest BCUT2D eigenvalue weighted by atomic mass is 16.2. The zero-order valence-corrected chi connectivity index (χ0v) is 13.8. The Balaban J connectivity index is 1.36. The molecule has 1 aromatic rings. The van der Waals surface area contributed by atoms with Crippen LogP contribution >= 0.6 is 0 Å². The fraction of sp³-hybridized carbons (Fsp3) is 0.611. The van der Waals surface area contributed by atoms with E-state index in [2.05, 4.69) is 15.6 Å². The fourth-order valence-corrected chi connectivity index (χ4v) is 3.15. The van der Waals surface area contributed by atoms with Crippen molar-refractivity contribution in [3.63, 3.8) is 0 Å². The van der Waals surface area contributed by atoms with Crippen LogP contribution < -0.4 is 10.6 Å². The average Bonchev–Trinajstić information content (AvgIpc) is 3.52. The highest BCUT2D eigenvalue weighted by Crippen LogP contribution is 2.25. The van der Waals surface area contributed by atoms with Gasteiger partial charge in [-0.25, -0.2) is 4.98 Å². The van der Waals surface area contributed by atoms with Gasteiger partial charge in [0.2, 0.25) is 5.91 Å². The molecular formula is C18H24N4O2. The van der Waals surface area contributed by atoms with Gasteiger partial charge < -0.3 is 15.5 Å². The first-order valence-corrected chi connectivity index (χ1v) is 9.01. The number of nitrogens with one attached hydrogen (secondary N) is 2. The van der Waals surface area contributed by atoms with Crippen molar-refractivity contribution in [1.29, 1.82) is 0 Å². The number of carbonyl (C=O) groups is 2. The number of hydrogen-bond acceptors (Lipinski definition) is 4. The van der Waals surface area contributed by atoms with E-state index in [1.54, 1.807) is 11.1 Å². The van der Waals surface area contributed by atoms with Crippen LogP contribution in [0.3, 0.4) is 0 Å². The first kappa shape index (κ1) is 15.4. The SMILES string of the molecule is O=C(NC1CC1)[C@@H]1CCCN(C(=O)c2ccc(NC3CC3)nc2)C1. The van der Waals surface area contributed by atoms with Crippen molar-refractivity contribution in [2.75, 3.05) is 18.4 Å². The number of nitrogens with zero attached hydrogens (tertiary/aromatic N) is 2. The summed E-state index contributed by atoms with van der Waals surface area (Å²) < 4.78 is 0. The largest absolute Gasteiger partial charge is 0.367 e. The van der Waals surface area contributed by atoms with Gasteiger partial charge in [0.1, 0.15) is 5.82 Å². The number of aromatic nitrogens is 1. The molecule has 2 N–H and O–H groups in total. The second-order valence-electron chi connectivity index (χ2n) is 7.22. The van der Waals surface area contributed by atoms with E-state index in [1.165, 1.54) is 12.8 Å². The summed E-state index contributed by atoms with van der Waals surface area (Å²) in [7, 11) is 0. The first-order valence-electron chi connectivity index (χ1n) is 9.01. The molecule has 1 aromatic heterocycles. The minimum atomic E-state index is -0.0768. The molecule has 6 nitrogen and oxygen atoms in total. The summed E-state index contributed by atoms with van der Waals surface area (Å²) in [4.78, 5) is 31.1. The molecule has 1 aliphatic heterocycles. The molecule has 2 heterocycles. The molecular weight excluding hydrogens is 304 g/mol. The standard InChI is InChI=1S/C18H24N4O2/c23-17(21-15-6-7-15)13-2-1-9-22(11-13)18(24)12-3-8-16(19-10-12)20-14-4-5-14/h3,8,10,13-15H,1-2,4-7,9,11H2,(H,19,20)(H,21,23)/t13-/m1/s1. The molecule has 2 saturated carbocycles. The maximum Gasteiger partial charge on any atom is 0.255 e. The van der Waals surface area contributed by atoms with Crippen LogP contribution in [0.25, 0.3) is 0 Å². The molecule has 0 spiro atoms. The smallest absolute Gasteiger partial charge is 0.255 e. The number of rotatable bonds is 5. The van der Waals surface area contributed by atoms with E-state index in [0.717, 1.165) is 31.5 Å². The molecule has 6 heteroatoms. The number of amides is 2. The lowest BCUT2D eigenvalue weighted by Gasteiger charge is -2.32. The van der Waals surface area contributed by atoms with E-state index >= 15 is 0 Å². The van der Waals surface area contributed by atoms with Gasteiger partial charge in [0.25, 0.3) is 5.91 Å². The average molecular weight is 328 g/mol. The molecule has 4 rings (SSSR count). The molecule has 1 saturated heterocycles. The fourth-order valence-electron chi connectivity index (χ4n) is 3.15. The molecule has 0 bridgehead atoms. The lowest BCUT2D eigenvalue weighted by atomic mass is 9.96. The molecule has 2 amide bonds. The van der Waals surface area contributed by atoms with Gasteiger partial charge in [0.05, 0.1) is 11.5 Å². The minimum absolute atomic E-state index is 0.0237. The van der Waals surface area contributed by atoms with Crippen molar-refractivity contribution >= 4 is 17.6 Å². The Morgan fingerprint density at radius 1 is 1.08 bits per heavy atom. The van der Waals surface area contributed by atoms with E-state index in [0.29, 0.717) is 30.7 Å². The summed E-state index contributed by atoms with van der Waals surface area (Å²) in [5, 5.41) is 6.38. The maximum atomic E-state index is 12.7. The quantitative estimate of drug-likeness (QED) is 0.864. The molecule has 2 aliphatic carbocycles. The lowest BCUT2D eigenvalue weighted by Crippen LogP contribution is -2.45. The van der Waals surface area contributed by atoms with E-state index in [1.807, 2.05) is 12.1 Å².